The van der Waals surface area contributed by atoms with Gasteiger partial charge in [0.1, 0.15) is 5.82 Å². The van der Waals surface area contributed by atoms with Crippen LogP contribution in [0.3, 0.4) is 0 Å². The minimum absolute atomic E-state index is 0.184. The molecule has 0 spiro atoms. The number of carbonyl (C=O) groups excluding carboxylic acids is 1. The summed E-state index contributed by atoms with van der Waals surface area (Å²) in [4.78, 5) is 17.0. The molecule has 1 fully saturated rings. The first-order valence-electron chi connectivity index (χ1n) is 9.51. The molecule has 0 unspecified atom stereocenters. The highest BCUT2D eigenvalue weighted by molar-refractivity contribution is 5.93. The van der Waals surface area contributed by atoms with E-state index in [1.165, 1.54) is 17.7 Å². The number of hydrogen-bond acceptors (Lipinski definition) is 2. The molecule has 0 bridgehead atoms. The van der Waals surface area contributed by atoms with Gasteiger partial charge in [-0.1, -0.05) is 37.3 Å². The van der Waals surface area contributed by atoms with Gasteiger partial charge in [0.2, 0.25) is 5.91 Å². The molecule has 26 heavy (non-hydrogen) atoms. The van der Waals surface area contributed by atoms with E-state index in [9.17, 15) is 9.18 Å². The molecule has 138 valence electrons. The van der Waals surface area contributed by atoms with Crippen LogP contribution in [0.25, 0.3) is 0 Å². The molecule has 0 atom stereocenters. The first kappa shape index (κ1) is 18.6. The molecule has 3 rings (SSSR count). The lowest BCUT2D eigenvalue weighted by molar-refractivity contribution is -0.119. The predicted octanol–water partition coefficient (Wildman–Crippen LogP) is 4.28. The summed E-state index contributed by atoms with van der Waals surface area (Å²) in [6, 6.07) is 17.0. The van der Waals surface area contributed by atoms with Crippen LogP contribution in [0.1, 0.15) is 31.7 Å². The maximum Gasteiger partial charge on any atom is 0.226 e. The fraction of sp³-hybridized carbons (Fsp3) is 0.409. The zero-order chi connectivity index (χ0) is 18.4. The molecule has 0 aliphatic carbocycles. The van der Waals surface area contributed by atoms with Gasteiger partial charge >= 0.3 is 0 Å². The van der Waals surface area contributed by atoms with Crippen molar-refractivity contribution in [1.82, 2.24) is 4.90 Å². The van der Waals surface area contributed by atoms with Crippen LogP contribution in [0.2, 0.25) is 0 Å². The van der Waals surface area contributed by atoms with Crippen molar-refractivity contribution in [2.75, 3.05) is 24.5 Å². The third-order valence-corrected chi connectivity index (χ3v) is 5.16. The molecule has 0 aromatic heterocycles. The fourth-order valence-corrected chi connectivity index (χ4v) is 3.66. The summed E-state index contributed by atoms with van der Waals surface area (Å²) in [5.41, 5.74) is 2.17. The minimum atomic E-state index is -0.184. The van der Waals surface area contributed by atoms with Gasteiger partial charge in [0.05, 0.1) is 0 Å². The second-order valence-electron chi connectivity index (χ2n) is 6.90. The Hall–Kier alpha value is -2.20. The molecule has 0 radical (unpaired) electrons. The Labute approximate surface area is 155 Å². The van der Waals surface area contributed by atoms with Gasteiger partial charge in [-0.2, -0.15) is 0 Å². The van der Waals surface area contributed by atoms with Crippen LogP contribution < -0.4 is 4.90 Å². The molecule has 4 heteroatoms. The van der Waals surface area contributed by atoms with Gasteiger partial charge in [0.25, 0.3) is 0 Å². The van der Waals surface area contributed by atoms with Crippen LogP contribution in [0.15, 0.2) is 54.6 Å². The number of hydrogen-bond donors (Lipinski definition) is 0. The lowest BCUT2D eigenvalue weighted by Gasteiger charge is -2.38. The zero-order valence-electron chi connectivity index (χ0n) is 15.4. The highest BCUT2D eigenvalue weighted by Crippen LogP contribution is 2.24. The number of benzene rings is 2. The summed E-state index contributed by atoms with van der Waals surface area (Å²) in [6.07, 6.45) is 3.44. The molecule has 1 heterocycles. The van der Waals surface area contributed by atoms with E-state index in [-0.39, 0.29) is 17.8 Å². The third kappa shape index (κ3) is 4.70. The fourth-order valence-electron chi connectivity index (χ4n) is 3.66. The molecule has 0 N–H and O–H groups in total. The summed E-state index contributed by atoms with van der Waals surface area (Å²) in [7, 11) is 0. The van der Waals surface area contributed by atoms with Crippen molar-refractivity contribution in [3.05, 3.63) is 66.0 Å². The van der Waals surface area contributed by atoms with E-state index >= 15 is 0 Å². The number of rotatable bonds is 6. The standard InChI is InChI=1S/C22H27FN2O/c1-2-22(26)25(20-6-4-3-5-7-20)21-13-16-24(17-14-21)15-12-18-8-10-19(23)11-9-18/h3-11,21H,2,12-17H2,1H3. The van der Waals surface area contributed by atoms with E-state index in [0.29, 0.717) is 6.42 Å². The molecule has 2 aromatic rings. The van der Waals surface area contributed by atoms with Crippen molar-refractivity contribution in [3.63, 3.8) is 0 Å². The molecule has 1 aliphatic heterocycles. The molecular weight excluding hydrogens is 327 g/mol. The molecule has 0 saturated carbocycles. The summed E-state index contributed by atoms with van der Waals surface area (Å²) in [6.45, 7) is 4.89. The number of amides is 1. The van der Waals surface area contributed by atoms with Crippen molar-refractivity contribution in [2.45, 2.75) is 38.6 Å². The molecule has 1 amide bonds. The first-order valence-corrected chi connectivity index (χ1v) is 9.51. The lowest BCUT2D eigenvalue weighted by atomic mass is 10.0. The number of para-hydroxylation sites is 1. The average molecular weight is 354 g/mol. The SMILES string of the molecule is CCC(=O)N(c1ccccc1)C1CCN(CCc2ccc(F)cc2)CC1. The van der Waals surface area contributed by atoms with Gasteiger partial charge in [-0.25, -0.2) is 4.39 Å². The third-order valence-electron chi connectivity index (χ3n) is 5.16. The second-order valence-corrected chi connectivity index (χ2v) is 6.90. The van der Waals surface area contributed by atoms with Gasteiger partial charge in [-0.15, -0.1) is 0 Å². The number of anilines is 1. The highest BCUT2D eigenvalue weighted by atomic mass is 19.1. The number of nitrogens with zero attached hydrogens (tertiary/aromatic N) is 2. The van der Waals surface area contributed by atoms with Crippen molar-refractivity contribution >= 4 is 11.6 Å². The number of likely N-dealkylation sites (tertiary alicyclic amines) is 1. The first-order chi connectivity index (χ1) is 12.7. The maximum atomic E-state index is 13.0. The summed E-state index contributed by atoms with van der Waals surface area (Å²) >= 11 is 0. The lowest BCUT2D eigenvalue weighted by Crippen LogP contribution is -2.47. The average Bonchev–Trinajstić information content (AvgIpc) is 2.69. The summed E-state index contributed by atoms with van der Waals surface area (Å²) in [5.74, 6) is 0.0112. The Morgan fingerprint density at radius 1 is 1.08 bits per heavy atom. The number of piperidine rings is 1. The predicted molar refractivity (Wildman–Crippen MR) is 104 cm³/mol. The van der Waals surface area contributed by atoms with E-state index in [4.69, 9.17) is 0 Å². The summed E-state index contributed by atoms with van der Waals surface area (Å²) in [5, 5.41) is 0. The van der Waals surface area contributed by atoms with Crippen molar-refractivity contribution in [3.8, 4) is 0 Å². The quantitative estimate of drug-likeness (QED) is 0.773. The van der Waals surface area contributed by atoms with Gasteiger partial charge < -0.3 is 9.80 Å². The Kier molecular flexibility index (Phi) is 6.40. The highest BCUT2D eigenvalue weighted by Gasteiger charge is 2.28. The second kappa shape index (κ2) is 8.95. The van der Waals surface area contributed by atoms with Crippen LogP contribution in [0.4, 0.5) is 10.1 Å². The molecule has 1 aliphatic rings. The van der Waals surface area contributed by atoms with Crippen LogP contribution in [0.5, 0.6) is 0 Å². The Morgan fingerprint density at radius 3 is 2.35 bits per heavy atom. The topological polar surface area (TPSA) is 23.6 Å². The molecular formula is C22H27FN2O. The molecule has 1 saturated heterocycles. The van der Waals surface area contributed by atoms with Crippen LogP contribution in [0, 0.1) is 5.82 Å². The van der Waals surface area contributed by atoms with Gasteiger partial charge in [-0.3, -0.25) is 4.79 Å². The minimum Gasteiger partial charge on any atom is -0.309 e. The van der Waals surface area contributed by atoms with E-state index in [2.05, 4.69) is 4.90 Å². The normalized spacial score (nSPS) is 15.8. The Balaban J connectivity index is 1.56. The number of carbonyl (C=O) groups is 1. The Morgan fingerprint density at radius 2 is 1.73 bits per heavy atom. The van der Waals surface area contributed by atoms with Crippen molar-refractivity contribution in [2.24, 2.45) is 0 Å². The van der Waals surface area contributed by atoms with Crippen LogP contribution >= 0.6 is 0 Å². The van der Waals surface area contributed by atoms with Crippen LogP contribution in [-0.2, 0) is 11.2 Å². The van der Waals surface area contributed by atoms with E-state index in [1.807, 2.05) is 54.3 Å². The monoisotopic (exact) mass is 354 g/mol. The smallest absolute Gasteiger partial charge is 0.226 e. The molecule has 2 aromatic carbocycles. The van der Waals surface area contributed by atoms with E-state index < -0.39 is 0 Å². The summed E-state index contributed by atoms with van der Waals surface area (Å²) < 4.78 is 13.0. The Bertz CT molecular complexity index is 694. The van der Waals surface area contributed by atoms with E-state index in [1.54, 1.807) is 0 Å². The van der Waals surface area contributed by atoms with Gasteiger partial charge in [0, 0.05) is 37.8 Å². The van der Waals surface area contributed by atoms with Crippen LogP contribution in [-0.4, -0.2) is 36.5 Å². The number of halogens is 1. The van der Waals surface area contributed by atoms with Crippen molar-refractivity contribution < 1.29 is 9.18 Å². The van der Waals surface area contributed by atoms with Crippen molar-refractivity contribution in [1.29, 1.82) is 0 Å². The van der Waals surface area contributed by atoms with Gasteiger partial charge in [0.15, 0.2) is 0 Å². The largest absolute Gasteiger partial charge is 0.309 e. The molecule has 3 nitrogen and oxygen atoms in total. The van der Waals surface area contributed by atoms with Gasteiger partial charge in [-0.05, 0) is 49.1 Å². The van der Waals surface area contributed by atoms with E-state index in [0.717, 1.165) is 44.6 Å². The zero-order valence-corrected chi connectivity index (χ0v) is 15.4. The maximum absolute atomic E-state index is 13.0.